The molecular weight excluding hydrogens is 324 g/mol. The van der Waals surface area contributed by atoms with Crippen molar-refractivity contribution < 1.29 is 9.47 Å². The highest BCUT2D eigenvalue weighted by atomic mass is 32.1. The highest BCUT2D eigenvalue weighted by Crippen LogP contribution is 2.32. The van der Waals surface area contributed by atoms with Gasteiger partial charge in [-0.2, -0.15) is 0 Å². The monoisotopic (exact) mass is 346 g/mol. The summed E-state index contributed by atoms with van der Waals surface area (Å²) < 4.78 is 10.7. The number of aryl methyl sites for hydroxylation is 2. The number of nitrogens with one attached hydrogen (secondary N) is 2. The van der Waals surface area contributed by atoms with E-state index in [1.54, 1.807) is 18.4 Å². The summed E-state index contributed by atoms with van der Waals surface area (Å²) in [6, 6.07) is 5.95. The van der Waals surface area contributed by atoms with E-state index in [1.165, 1.54) is 4.88 Å². The van der Waals surface area contributed by atoms with Gasteiger partial charge in [-0.3, -0.25) is 4.99 Å². The molecule has 0 unspecified atom stereocenters. The molecule has 2 heterocycles. The highest BCUT2D eigenvalue weighted by molar-refractivity contribution is 7.11. The van der Waals surface area contributed by atoms with Crippen molar-refractivity contribution in [2.75, 3.05) is 20.4 Å². The molecule has 7 heteroatoms. The second-order valence-electron chi connectivity index (χ2n) is 5.53. The molecule has 0 aliphatic carbocycles. The van der Waals surface area contributed by atoms with E-state index in [9.17, 15) is 0 Å². The van der Waals surface area contributed by atoms with Crippen molar-refractivity contribution in [2.45, 2.75) is 26.8 Å². The summed E-state index contributed by atoms with van der Waals surface area (Å²) >= 11 is 1.76. The van der Waals surface area contributed by atoms with Crippen LogP contribution < -0.4 is 20.1 Å². The number of nitrogens with zero attached hydrogens (tertiary/aromatic N) is 2. The standard InChI is InChI=1S/C17H22N4O2S/c1-11-16(24-12(2)21-11)6-7-19-17(18-3)20-9-13-4-5-14-15(8-13)23-10-22-14/h4-5,8H,6-7,9-10H2,1-3H3,(H2,18,19,20). The van der Waals surface area contributed by atoms with Crippen LogP contribution in [0.3, 0.4) is 0 Å². The zero-order valence-corrected chi connectivity index (χ0v) is 15.0. The summed E-state index contributed by atoms with van der Waals surface area (Å²) in [4.78, 5) is 10.0. The molecule has 0 spiro atoms. The van der Waals surface area contributed by atoms with Gasteiger partial charge in [-0.15, -0.1) is 11.3 Å². The Morgan fingerprint density at radius 3 is 2.83 bits per heavy atom. The van der Waals surface area contributed by atoms with Crippen molar-refractivity contribution in [3.63, 3.8) is 0 Å². The molecule has 1 aromatic carbocycles. The minimum absolute atomic E-state index is 0.298. The lowest BCUT2D eigenvalue weighted by Crippen LogP contribution is -2.37. The summed E-state index contributed by atoms with van der Waals surface area (Å²) in [7, 11) is 1.77. The van der Waals surface area contributed by atoms with Crippen LogP contribution in [0.25, 0.3) is 0 Å². The quantitative estimate of drug-likeness (QED) is 0.643. The van der Waals surface area contributed by atoms with Gasteiger partial charge in [-0.1, -0.05) is 6.07 Å². The molecule has 2 N–H and O–H groups in total. The summed E-state index contributed by atoms with van der Waals surface area (Å²) in [6.07, 6.45) is 0.946. The molecule has 2 aromatic rings. The van der Waals surface area contributed by atoms with Crippen molar-refractivity contribution in [1.82, 2.24) is 15.6 Å². The van der Waals surface area contributed by atoms with Crippen molar-refractivity contribution >= 4 is 17.3 Å². The van der Waals surface area contributed by atoms with E-state index in [-0.39, 0.29) is 0 Å². The number of aliphatic imine (C=N–C) groups is 1. The first-order valence-electron chi connectivity index (χ1n) is 7.91. The van der Waals surface area contributed by atoms with Gasteiger partial charge in [0.15, 0.2) is 17.5 Å². The Morgan fingerprint density at radius 2 is 2.08 bits per heavy atom. The second kappa shape index (κ2) is 7.53. The van der Waals surface area contributed by atoms with E-state index in [2.05, 4.69) is 27.5 Å². The van der Waals surface area contributed by atoms with Crippen molar-refractivity contribution in [2.24, 2.45) is 4.99 Å². The molecule has 128 valence electrons. The number of fused-ring (bicyclic) bond motifs is 1. The third kappa shape index (κ3) is 3.97. The van der Waals surface area contributed by atoms with Crippen LogP contribution in [-0.4, -0.2) is 31.3 Å². The average molecular weight is 346 g/mol. The summed E-state index contributed by atoms with van der Waals surface area (Å²) in [5, 5.41) is 7.77. The van der Waals surface area contributed by atoms with Gasteiger partial charge in [-0.05, 0) is 31.5 Å². The van der Waals surface area contributed by atoms with Gasteiger partial charge >= 0.3 is 0 Å². The van der Waals surface area contributed by atoms with Gasteiger partial charge in [-0.25, -0.2) is 4.98 Å². The minimum Gasteiger partial charge on any atom is -0.454 e. The Balaban J connectivity index is 1.47. The zero-order chi connectivity index (χ0) is 16.9. The number of guanidine groups is 1. The maximum atomic E-state index is 5.40. The fourth-order valence-electron chi connectivity index (χ4n) is 2.56. The van der Waals surface area contributed by atoms with E-state index in [1.807, 2.05) is 25.1 Å². The predicted octanol–water partition coefficient (Wildman–Crippen LogP) is 2.40. The first-order chi connectivity index (χ1) is 11.7. The largest absolute Gasteiger partial charge is 0.454 e. The molecule has 0 saturated carbocycles. The maximum Gasteiger partial charge on any atom is 0.231 e. The third-order valence-corrected chi connectivity index (χ3v) is 4.90. The fraction of sp³-hybridized carbons (Fsp3) is 0.412. The Bertz CT molecular complexity index is 742. The van der Waals surface area contributed by atoms with Crippen LogP contribution >= 0.6 is 11.3 Å². The van der Waals surface area contributed by atoms with Gasteiger partial charge in [0, 0.05) is 31.4 Å². The van der Waals surface area contributed by atoms with Gasteiger partial charge in [0.05, 0.1) is 10.7 Å². The van der Waals surface area contributed by atoms with Gasteiger partial charge in [0.1, 0.15) is 0 Å². The molecule has 0 radical (unpaired) electrons. The number of hydrogen-bond acceptors (Lipinski definition) is 5. The number of hydrogen-bond donors (Lipinski definition) is 2. The van der Waals surface area contributed by atoms with Crippen molar-refractivity contribution in [3.05, 3.63) is 39.3 Å². The lowest BCUT2D eigenvalue weighted by molar-refractivity contribution is 0.174. The van der Waals surface area contributed by atoms with Crippen molar-refractivity contribution in [1.29, 1.82) is 0 Å². The van der Waals surface area contributed by atoms with E-state index >= 15 is 0 Å². The molecule has 0 atom stereocenters. The van der Waals surface area contributed by atoms with Crippen molar-refractivity contribution in [3.8, 4) is 11.5 Å². The fourth-order valence-corrected chi connectivity index (χ4v) is 3.49. The van der Waals surface area contributed by atoms with Crippen LogP contribution in [0.4, 0.5) is 0 Å². The number of benzene rings is 1. The normalized spacial score (nSPS) is 13.2. The van der Waals surface area contributed by atoms with Crippen LogP contribution in [0.5, 0.6) is 11.5 Å². The molecular formula is C17H22N4O2S. The summed E-state index contributed by atoms with van der Waals surface area (Å²) in [6.45, 7) is 5.90. The predicted molar refractivity (Wildman–Crippen MR) is 96.1 cm³/mol. The topological polar surface area (TPSA) is 67.8 Å². The average Bonchev–Trinajstić information content (AvgIpc) is 3.16. The van der Waals surface area contributed by atoms with Gasteiger partial charge < -0.3 is 20.1 Å². The Morgan fingerprint density at radius 1 is 1.25 bits per heavy atom. The Hall–Kier alpha value is -2.28. The summed E-state index contributed by atoms with van der Waals surface area (Å²) in [5.41, 5.74) is 2.25. The summed E-state index contributed by atoms with van der Waals surface area (Å²) in [5.74, 6) is 2.39. The van der Waals surface area contributed by atoms with Crippen LogP contribution in [0.2, 0.25) is 0 Å². The maximum absolute atomic E-state index is 5.40. The SMILES string of the molecule is CN=C(NCCc1sc(C)nc1C)NCc1ccc2c(c1)OCO2. The van der Waals surface area contributed by atoms with E-state index in [0.717, 1.165) is 46.7 Å². The first kappa shape index (κ1) is 16.6. The van der Waals surface area contributed by atoms with E-state index < -0.39 is 0 Å². The Kier molecular flexibility index (Phi) is 5.20. The van der Waals surface area contributed by atoms with Crippen LogP contribution in [0, 0.1) is 13.8 Å². The van der Waals surface area contributed by atoms with Gasteiger partial charge in [0.25, 0.3) is 0 Å². The lowest BCUT2D eigenvalue weighted by atomic mass is 10.2. The molecule has 0 bridgehead atoms. The lowest BCUT2D eigenvalue weighted by Gasteiger charge is -2.12. The second-order valence-corrected chi connectivity index (χ2v) is 6.82. The van der Waals surface area contributed by atoms with Crippen LogP contribution in [-0.2, 0) is 13.0 Å². The van der Waals surface area contributed by atoms with Gasteiger partial charge in [0.2, 0.25) is 6.79 Å². The van der Waals surface area contributed by atoms with E-state index in [0.29, 0.717) is 13.3 Å². The molecule has 1 aromatic heterocycles. The molecule has 6 nitrogen and oxygen atoms in total. The third-order valence-electron chi connectivity index (χ3n) is 3.76. The van der Waals surface area contributed by atoms with Crippen LogP contribution in [0.1, 0.15) is 21.1 Å². The molecule has 1 aliphatic heterocycles. The Labute approximate surface area is 145 Å². The number of thiazole rings is 1. The molecule has 24 heavy (non-hydrogen) atoms. The van der Waals surface area contributed by atoms with E-state index in [4.69, 9.17) is 9.47 Å². The number of rotatable bonds is 5. The molecule has 0 saturated heterocycles. The molecule has 3 rings (SSSR count). The van der Waals surface area contributed by atoms with Crippen LogP contribution in [0.15, 0.2) is 23.2 Å². The number of aromatic nitrogens is 1. The molecule has 0 amide bonds. The minimum atomic E-state index is 0.298. The first-order valence-corrected chi connectivity index (χ1v) is 8.73. The zero-order valence-electron chi connectivity index (χ0n) is 14.2. The molecule has 1 aliphatic rings. The molecule has 0 fully saturated rings. The smallest absolute Gasteiger partial charge is 0.231 e. The number of ether oxygens (including phenoxy) is 2. The highest BCUT2D eigenvalue weighted by Gasteiger charge is 2.13.